The monoisotopic (exact) mass is 262 g/mol. The van der Waals surface area contributed by atoms with Crippen LogP contribution in [0.25, 0.3) is 0 Å². The van der Waals surface area contributed by atoms with Crippen LogP contribution in [-0.2, 0) is 0 Å². The number of benzene rings is 1. The Hall–Kier alpha value is -1.58. The van der Waals surface area contributed by atoms with Gasteiger partial charge in [-0.1, -0.05) is 17.7 Å². The number of halogens is 1. The van der Waals surface area contributed by atoms with Gasteiger partial charge >= 0.3 is 0 Å². The van der Waals surface area contributed by atoms with Gasteiger partial charge in [0, 0.05) is 17.8 Å². The summed E-state index contributed by atoms with van der Waals surface area (Å²) in [6.07, 6.45) is 1.49. The molecule has 4 heteroatoms. The molecule has 1 heterocycles. The molecule has 0 aliphatic heterocycles. The Morgan fingerprint density at radius 2 is 2.17 bits per heavy atom. The van der Waals surface area contributed by atoms with Crippen molar-refractivity contribution < 1.29 is 4.74 Å². The first-order chi connectivity index (χ1) is 8.70. The lowest BCUT2D eigenvalue weighted by molar-refractivity contribution is 0.208. The summed E-state index contributed by atoms with van der Waals surface area (Å²) in [5.41, 5.74) is 7.55. The minimum Gasteiger partial charge on any atom is -0.483 e. The molecule has 0 spiro atoms. The highest BCUT2D eigenvalue weighted by Crippen LogP contribution is 2.26. The minimum atomic E-state index is -0.244. The lowest BCUT2D eigenvalue weighted by atomic mass is 10.2. The molecule has 1 aromatic carbocycles. The third-order valence-electron chi connectivity index (χ3n) is 2.64. The average molecular weight is 263 g/mol. The molecular weight excluding hydrogens is 248 g/mol. The van der Waals surface area contributed by atoms with Gasteiger partial charge in [-0.2, -0.15) is 0 Å². The van der Waals surface area contributed by atoms with Crippen LogP contribution < -0.4 is 10.5 Å². The van der Waals surface area contributed by atoms with Gasteiger partial charge in [0.05, 0.1) is 5.69 Å². The standard InChI is InChI=1S/C14H15ClN2O/c1-10-8-11(15)5-6-13(10)18-14(9-16)12-4-2-3-7-17-12/h2-8,14H,9,16H2,1H3. The first-order valence-corrected chi connectivity index (χ1v) is 6.12. The maximum absolute atomic E-state index is 5.91. The van der Waals surface area contributed by atoms with Crippen LogP contribution in [0.5, 0.6) is 5.75 Å². The largest absolute Gasteiger partial charge is 0.483 e. The molecule has 0 fully saturated rings. The molecular formula is C14H15ClN2O. The number of hydrogen-bond acceptors (Lipinski definition) is 3. The Labute approximate surface area is 112 Å². The van der Waals surface area contributed by atoms with Gasteiger partial charge in [-0.25, -0.2) is 0 Å². The van der Waals surface area contributed by atoms with E-state index in [-0.39, 0.29) is 6.10 Å². The molecule has 0 saturated carbocycles. The van der Waals surface area contributed by atoms with Gasteiger partial charge in [-0.15, -0.1) is 0 Å². The molecule has 0 aliphatic carbocycles. The SMILES string of the molecule is Cc1cc(Cl)ccc1OC(CN)c1ccccn1. The summed E-state index contributed by atoms with van der Waals surface area (Å²) in [5, 5.41) is 0.696. The highest BCUT2D eigenvalue weighted by Gasteiger charge is 2.13. The molecule has 0 bridgehead atoms. The maximum atomic E-state index is 5.91. The fourth-order valence-corrected chi connectivity index (χ4v) is 1.92. The second-order valence-electron chi connectivity index (χ2n) is 4.01. The summed E-state index contributed by atoms with van der Waals surface area (Å²) in [4.78, 5) is 4.26. The van der Waals surface area contributed by atoms with Crippen molar-refractivity contribution in [3.63, 3.8) is 0 Å². The van der Waals surface area contributed by atoms with Crippen LogP contribution >= 0.6 is 11.6 Å². The molecule has 94 valence electrons. The van der Waals surface area contributed by atoms with Crippen molar-refractivity contribution in [3.05, 3.63) is 58.9 Å². The number of nitrogens with two attached hydrogens (primary N) is 1. The molecule has 0 amide bonds. The lowest BCUT2D eigenvalue weighted by Gasteiger charge is -2.18. The molecule has 2 aromatic rings. The van der Waals surface area contributed by atoms with Crippen molar-refractivity contribution in [2.24, 2.45) is 5.73 Å². The molecule has 0 saturated heterocycles. The number of hydrogen-bond donors (Lipinski definition) is 1. The zero-order valence-electron chi connectivity index (χ0n) is 10.1. The maximum Gasteiger partial charge on any atom is 0.153 e. The van der Waals surface area contributed by atoms with E-state index in [1.54, 1.807) is 12.3 Å². The molecule has 1 atom stereocenters. The van der Waals surface area contributed by atoms with E-state index in [1.807, 2.05) is 37.3 Å². The smallest absolute Gasteiger partial charge is 0.153 e. The molecule has 0 aliphatic rings. The predicted molar refractivity (Wildman–Crippen MR) is 72.8 cm³/mol. The Balaban J connectivity index is 2.21. The van der Waals surface area contributed by atoms with Crippen LogP contribution in [0.15, 0.2) is 42.6 Å². The fraction of sp³-hybridized carbons (Fsp3) is 0.214. The second kappa shape index (κ2) is 5.85. The quantitative estimate of drug-likeness (QED) is 0.921. The van der Waals surface area contributed by atoms with Crippen LogP contribution in [-0.4, -0.2) is 11.5 Å². The van der Waals surface area contributed by atoms with Crippen molar-refractivity contribution in [1.82, 2.24) is 4.98 Å². The third kappa shape index (κ3) is 3.00. The van der Waals surface area contributed by atoms with Crippen LogP contribution in [0, 0.1) is 6.92 Å². The molecule has 3 nitrogen and oxygen atoms in total. The van der Waals surface area contributed by atoms with Gasteiger partial charge in [0.1, 0.15) is 5.75 Å². The molecule has 2 N–H and O–H groups in total. The zero-order chi connectivity index (χ0) is 13.0. The number of ether oxygens (including phenoxy) is 1. The summed E-state index contributed by atoms with van der Waals surface area (Å²) in [7, 11) is 0. The number of rotatable bonds is 4. The van der Waals surface area contributed by atoms with E-state index >= 15 is 0 Å². The second-order valence-corrected chi connectivity index (χ2v) is 4.44. The van der Waals surface area contributed by atoms with Gasteiger partial charge in [-0.05, 0) is 42.8 Å². The number of pyridine rings is 1. The summed E-state index contributed by atoms with van der Waals surface area (Å²) in [6.45, 7) is 2.33. The van der Waals surface area contributed by atoms with Crippen LogP contribution in [0.2, 0.25) is 5.02 Å². The van der Waals surface area contributed by atoms with E-state index < -0.39 is 0 Å². The van der Waals surface area contributed by atoms with E-state index in [4.69, 9.17) is 22.1 Å². The van der Waals surface area contributed by atoms with E-state index in [1.165, 1.54) is 0 Å². The van der Waals surface area contributed by atoms with E-state index in [0.717, 1.165) is 17.0 Å². The predicted octanol–water partition coefficient (Wildman–Crippen LogP) is 3.12. The Morgan fingerprint density at radius 3 is 2.78 bits per heavy atom. The minimum absolute atomic E-state index is 0.244. The van der Waals surface area contributed by atoms with E-state index in [2.05, 4.69) is 4.98 Å². The van der Waals surface area contributed by atoms with Crippen LogP contribution in [0.3, 0.4) is 0 Å². The summed E-state index contributed by atoms with van der Waals surface area (Å²) in [5.74, 6) is 0.778. The van der Waals surface area contributed by atoms with Gasteiger partial charge in [0.25, 0.3) is 0 Å². The number of aryl methyl sites for hydroxylation is 1. The highest BCUT2D eigenvalue weighted by atomic mass is 35.5. The number of nitrogens with zero attached hydrogens (tertiary/aromatic N) is 1. The van der Waals surface area contributed by atoms with Gasteiger partial charge in [-0.3, -0.25) is 4.98 Å². The highest BCUT2D eigenvalue weighted by molar-refractivity contribution is 6.30. The van der Waals surface area contributed by atoms with E-state index in [0.29, 0.717) is 11.6 Å². The molecule has 18 heavy (non-hydrogen) atoms. The number of aromatic nitrogens is 1. The molecule has 2 rings (SSSR count). The lowest BCUT2D eigenvalue weighted by Crippen LogP contribution is -2.19. The normalized spacial score (nSPS) is 12.2. The topological polar surface area (TPSA) is 48.1 Å². The van der Waals surface area contributed by atoms with Crippen LogP contribution in [0.1, 0.15) is 17.4 Å². The Kier molecular flexibility index (Phi) is 4.18. The van der Waals surface area contributed by atoms with Crippen molar-refractivity contribution in [2.75, 3.05) is 6.54 Å². The fourth-order valence-electron chi connectivity index (χ4n) is 1.69. The van der Waals surface area contributed by atoms with Gasteiger partial charge < -0.3 is 10.5 Å². The van der Waals surface area contributed by atoms with E-state index in [9.17, 15) is 0 Å². The van der Waals surface area contributed by atoms with Crippen molar-refractivity contribution in [1.29, 1.82) is 0 Å². The zero-order valence-corrected chi connectivity index (χ0v) is 10.9. The van der Waals surface area contributed by atoms with Crippen molar-refractivity contribution >= 4 is 11.6 Å². The average Bonchev–Trinajstić information content (AvgIpc) is 2.39. The summed E-state index contributed by atoms with van der Waals surface area (Å²) >= 11 is 5.91. The first-order valence-electron chi connectivity index (χ1n) is 5.74. The summed E-state index contributed by atoms with van der Waals surface area (Å²) < 4.78 is 5.89. The van der Waals surface area contributed by atoms with Crippen molar-refractivity contribution in [3.8, 4) is 5.75 Å². The van der Waals surface area contributed by atoms with Crippen molar-refractivity contribution in [2.45, 2.75) is 13.0 Å². The third-order valence-corrected chi connectivity index (χ3v) is 2.87. The molecule has 1 unspecified atom stereocenters. The molecule has 1 aromatic heterocycles. The summed E-state index contributed by atoms with van der Waals surface area (Å²) in [6, 6.07) is 11.2. The van der Waals surface area contributed by atoms with Crippen LogP contribution in [0.4, 0.5) is 0 Å². The Bertz CT molecular complexity index is 516. The van der Waals surface area contributed by atoms with Gasteiger partial charge in [0.2, 0.25) is 0 Å². The molecule has 0 radical (unpaired) electrons. The first kappa shape index (κ1) is 12.9. The van der Waals surface area contributed by atoms with Gasteiger partial charge in [0.15, 0.2) is 6.10 Å². The Morgan fingerprint density at radius 1 is 1.33 bits per heavy atom.